The van der Waals surface area contributed by atoms with Crippen LogP contribution in [0.5, 0.6) is 0 Å². The molecule has 0 spiro atoms. The van der Waals surface area contributed by atoms with Gasteiger partial charge in [0.05, 0.1) is 12.6 Å². The molecule has 2 heterocycles. The Kier molecular flexibility index (Phi) is 6.43. The summed E-state index contributed by atoms with van der Waals surface area (Å²) in [5.74, 6) is -0.821. The van der Waals surface area contributed by atoms with Crippen LogP contribution in [0.2, 0.25) is 0 Å². The number of hydrogen-bond donors (Lipinski definition) is 2. The summed E-state index contributed by atoms with van der Waals surface area (Å²) in [6.45, 7) is 6.14. The van der Waals surface area contributed by atoms with Gasteiger partial charge >= 0.3 is 6.09 Å². The molecule has 3 amide bonds. The predicted molar refractivity (Wildman–Crippen MR) is 109 cm³/mol. The molecule has 0 saturated carbocycles. The van der Waals surface area contributed by atoms with E-state index in [1.807, 2.05) is 24.3 Å². The van der Waals surface area contributed by atoms with Gasteiger partial charge in [-0.15, -0.1) is 0 Å². The summed E-state index contributed by atoms with van der Waals surface area (Å²) in [6, 6.07) is 6.06. The maximum atomic E-state index is 13.1. The predicted octanol–water partition coefficient (Wildman–Crippen LogP) is 1.56. The highest BCUT2D eigenvalue weighted by Gasteiger charge is 2.38. The smallest absolute Gasteiger partial charge is 0.411 e. The number of nitrogens with one attached hydrogen (secondary N) is 2. The van der Waals surface area contributed by atoms with Crippen molar-refractivity contribution in [3.8, 4) is 0 Å². The molecule has 2 aliphatic rings. The molecule has 2 N–H and O–H groups in total. The summed E-state index contributed by atoms with van der Waals surface area (Å²) in [4.78, 5) is 50.7. The highest BCUT2D eigenvalue weighted by Crippen LogP contribution is 2.26. The molecule has 8 nitrogen and oxygen atoms in total. The third kappa shape index (κ3) is 5.17. The molecule has 8 heteroatoms. The summed E-state index contributed by atoms with van der Waals surface area (Å²) in [7, 11) is 0. The van der Waals surface area contributed by atoms with Crippen molar-refractivity contribution in [3.05, 3.63) is 35.4 Å². The number of carbonyl (C=O) groups is 4. The summed E-state index contributed by atoms with van der Waals surface area (Å²) in [5, 5.41) is 5.46. The summed E-state index contributed by atoms with van der Waals surface area (Å²) in [5.41, 5.74) is 1.24. The first-order valence-corrected chi connectivity index (χ1v) is 10.3. The molecule has 0 aliphatic carbocycles. The molecular formula is C22H29N3O5. The largest absolute Gasteiger partial charge is 0.444 e. The molecule has 1 aromatic rings. The van der Waals surface area contributed by atoms with Crippen LogP contribution in [-0.2, 0) is 32.1 Å². The summed E-state index contributed by atoms with van der Waals surface area (Å²) >= 11 is 0. The second-order valence-electron chi connectivity index (χ2n) is 8.86. The molecule has 0 bridgehead atoms. The van der Waals surface area contributed by atoms with Crippen molar-refractivity contribution >= 4 is 24.2 Å². The van der Waals surface area contributed by atoms with Gasteiger partial charge in [0.25, 0.3) is 0 Å². The van der Waals surface area contributed by atoms with Gasteiger partial charge in [0.2, 0.25) is 11.8 Å². The van der Waals surface area contributed by atoms with E-state index in [1.165, 1.54) is 4.90 Å². The van der Waals surface area contributed by atoms with E-state index in [4.69, 9.17) is 4.74 Å². The normalized spacial score (nSPS) is 22.0. The quantitative estimate of drug-likeness (QED) is 0.710. The molecule has 0 radical (unpaired) electrons. The molecule has 0 aromatic heterocycles. The highest BCUT2D eigenvalue weighted by atomic mass is 16.6. The van der Waals surface area contributed by atoms with Crippen molar-refractivity contribution in [1.29, 1.82) is 0 Å². The Bertz CT molecular complexity index is 832. The maximum absolute atomic E-state index is 13.1. The van der Waals surface area contributed by atoms with Crippen molar-refractivity contribution < 1.29 is 23.9 Å². The van der Waals surface area contributed by atoms with Gasteiger partial charge in [0.15, 0.2) is 0 Å². The Morgan fingerprint density at radius 1 is 1.30 bits per heavy atom. The molecule has 3 rings (SSSR count). The number of hydrogen-bond acceptors (Lipinski definition) is 5. The summed E-state index contributed by atoms with van der Waals surface area (Å²) < 4.78 is 5.51. The molecular weight excluding hydrogens is 386 g/mol. The molecule has 1 aromatic carbocycles. The minimum atomic E-state index is -0.797. The van der Waals surface area contributed by atoms with Gasteiger partial charge in [-0.2, -0.15) is 0 Å². The summed E-state index contributed by atoms with van der Waals surface area (Å²) in [6.07, 6.45) is 1.29. The van der Waals surface area contributed by atoms with Crippen molar-refractivity contribution in [1.82, 2.24) is 15.5 Å². The second kappa shape index (κ2) is 8.85. The SMILES string of the molecule is CC(C)(C)OC(=O)N1Cc2ccccc2C[C@H]1C(=O)N[C@H](C=O)C[C@@H]1CCNC1=O. The molecule has 1 fully saturated rings. The third-order valence-electron chi connectivity index (χ3n) is 5.37. The number of amides is 3. The van der Waals surface area contributed by atoms with Crippen molar-refractivity contribution in [3.63, 3.8) is 0 Å². The molecule has 30 heavy (non-hydrogen) atoms. The minimum absolute atomic E-state index is 0.0990. The number of rotatable bonds is 5. The lowest BCUT2D eigenvalue weighted by Gasteiger charge is -2.37. The van der Waals surface area contributed by atoms with Gasteiger partial charge < -0.3 is 20.2 Å². The molecule has 1 saturated heterocycles. The van der Waals surface area contributed by atoms with Crippen LogP contribution in [0.1, 0.15) is 44.7 Å². The number of nitrogens with zero attached hydrogens (tertiary/aromatic N) is 1. The lowest BCUT2D eigenvalue weighted by Crippen LogP contribution is -2.55. The molecule has 162 valence electrons. The third-order valence-corrected chi connectivity index (χ3v) is 5.37. The van der Waals surface area contributed by atoms with Crippen LogP contribution >= 0.6 is 0 Å². The topological polar surface area (TPSA) is 105 Å². The van der Waals surface area contributed by atoms with E-state index in [0.29, 0.717) is 25.7 Å². The van der Waals surface area contributed by atoms with E-state index in [1.54, 1.807) is 20.8 Å². The van der Waals surface area contributed by atoms with Crippen LogP contribution in [0.4, 0.5) is 4.79 Å². The van der Waals surface area contributed by atoms with Gasteiger partial charge in [0, 0.05) is 18.9 Å². The average Bonchev–Trinajstić information content (AvgIpc) is 3.09. The highest BCUT2D eigenvalue weighted by molar-refractivity contribution is 5.89. The zero-order valence-corrected chi connectivity index (χ0v) is 17.6. The maximum Gasteiger partial charge on any atom is 0.411 e. The van der Waals surface area contributed by atoms with Gasteiger partial charge in [0.1, 0.15) is 17.9 Å². The number of ether oxygens (including phenoxy) is 1. The van der Waals surface area contributed by atoms with E-state index in [-0.39, 0.29) is 24.8 Å². The van der Waals surface area contributed by atoms with Crippen molar-refractivity contribution in [2.45, 2.75) is 64.3 Å². The minimum Gasteiger partial charge on any atom is -0.444 e. The zero-order valence-electron chi connectivity index (χ0n) is 17.6. The van der Waals surface area contributed by atoms with E-state index in [2.05, 4.69) is 10.6 Å². The number of benzene rings is 1. The second-order valence-corrected chi connectivity index (χ2v) is 8.86. The van der Waals surface area contributed by atoms with Crippen molar-refractivity contribution in [2.24, 2.45) is 5.92 Å². The van der Waals surface area contributed by atoms with Gasteiger partial charge in [-0.05, 0) is 44.7 Å². The standard InChI is InChI=1S/C22H29N3O5/c1-22(2,3)30-21(29)25-12-16-7-5-4-6-14(16)11-18(25)20(28)24-17(13-26)10-15-8-9-23-19(15)27/h4-7,13,15,17-18H,8-12H2,1-3H3,(H,23,27)(H,24,28)/t15-,17-,18-/m0/s1. The molecule has 3 atom stereocenters. The van der Waals surface area contributed by atoms with E-state index < -0.39 is 29.7 Å². The van der Waals surface area contributed by atoms with Crippen LogP contribution < -0.4 is 10.6 Å². The molecule has 0 unspecified atom stereocenters. The van der Waals surface area contributed by atoms with Gasteiger partial charge in [-0.1, -0.05) is 24.3 Å². The first-order chi connectivity index (χ1) is 14.2. The Morgan fingerprint density at radius 3 is 2.60 bits per heavy atom. The van der Waals surface area contributed by atoms with Crippen LogP contribution in [0, 0.1) is 5.92 Å². The number of fused-ring (bicyclic) bond motifs is 1. The van der Waals surface area contributed by atoms with Crippen LogP contribution in [-0.4, -0.2) is 53.3 Å². The van der Waals surface area contributed by atoms with Gasteiger partial charge in [-0.25, -0.2) is 4.79 Å². The fourth-order valence-electron chi connectivity index (χ4n) is 3.87. The number of carbonyl (C=O) groups excluding carboxylic acids is 4. The van der Waals surface area contributed by atoms with Crippen LogP contribution in [0.25, 0.3) is 0 Å². The fourth-order valence-corrected chi connectivity index (χ4v) is 3.87. The van der Waals surface area contributed by atoms with Crippen molar-refractivity contribution in [2.75, 3.05) is 6.54 Å². The van der Waals surface area contributed by atoms with Crippen LogP contribution in [0.3, 0.4) is 0 Å². The van der Waals surface area contributed by atoms with Gasteiger partial charge in [-0.3, -0.25) is 14.5 Å². The Balaban J connectivity index is 1.76. The first kappa shape index (κ1) is 21.8. The lowest BCUT2D eigenvalue weighted by atomic mass is 9.93. The Labute approximate surface area is 176 Å². The van der Waals surface area contributed by atoms with E-state index >= 15 is 0 Å². The Morgan fingerprint density at radius 2 is 2.00 bits per heavy atom. The van der Waals surface area contributed by atoms with E-state index in [9.17, 15) is 19.2 Å². The van der Waals surface area contributed by atoms with E-state index in [0.717, 1.165) is 11.1 Å². The zero-order chi connectivity index (χ0) is 21.9. The average molecular weight is 415 g/mol. The Hall–Kier alpha value is -2.90. The number of aldehydes is 1. The fraction of sp³-hybridized carbons (Fsp3) is 0.545. The molecule has 2 aliphatic heterocycles. The first-order valence-electron chi connectivity index (χ1n) is 10.3. The lowest BCUT2D eigenvalue weighted by molar-refractivity contribution is -0.130. The monoisotopic (exact) mass is 415 g/mol. The van der Waals surface area contributed by atoms with Crippen LogP contribution in [0.15, 0.2) is 24.3 Å².